The molecule has 0 radical (unpaired) electrons. The van der Waals surface area contributed by atoms with Crippen molar-refractivity contribution in [2.45, 2.75) is 33.2 Å². The smallest absolute Gasteiger partial charge is 0.129 e. The first kappa shape index (κ1) is 16.8. The number of nitrogens with one attached hydrogen (secondary N) is 1. The second-order valence-corrected chi connectivity index (χ2v) is 7.42. The maximum atomic E-state index is 13.8. The van der Waals surface area contributed by atoms with Gasteiger partial charge in [-0.1, -0.05) is 42.3 Å². The van der Waals surface area contributed by atoms with E-state index in [1.54, 1.807) is 13.8 Å². The molecule has 0 aliphatic heterocycles. The molecule has 0 bridgehead atoms. The zero-order valence-electron chi connectivity index (χ0n) is 12.3. The van der Waals surface area contributed by atoms with E-state index < -0.39 is 0 Å². The van der Waals surface area contributed by atoms with Crippen LogP contribution in [-0.4, -0.2) is 6.54 Å². The summed E-state index contributed by atoms with van der Waals surface area (Å²) in [6.07, 6.45) is 1.01. The molecule has 0 saturated heterocycles. The predicted octanol–water partition coefficient (Wildman–Crippen LogP) is 5.90. The van der Waals surface area contributed by atoms with Gasteiger partial charge < -0.3 is 5.32 Å². The van der Waals surface area contributed by atoms with Crippen LogP contribution in [0.5, 0.6) is 0 Å². The van der Waals surface area contributed by atoms with Crippen LogP contribution >= 0.6 is 34.5 Å². The van der Waals surface area contributed by atoms with Crippen molar-refractivity contribution in [1.82, 2.24) is 5.32 Å². The van der Waals surface area contributed by atoms with Gasteiger partial charge in [0.25, 0.3) is 0 Å². The van der Waals surface area contributed by atoms with Crippen LogP contribution < -0.4 is 5.32 Å². The number of hydrogen-bond donors (Lipinski definition) is 1. The molecule has 0 saturated carbocycles. The largest absolute Gasteiger partial charge is 0.306 e. The van der Waals surface area contributed by atoms with Crippen molar-refractivity contribution in [2.75, 3.05) is 6.54 Å². The molecule has 2 rings (SSSR count). The molecule has 1 aromatic heterocycles. The molecule has 2 aromatic rings. The van der Waals surface area contributed by atoms with Crippen LogP contribution in [0.2, 0.25) is 8.67 Å². The van der Waals surface area contributed by atoms with Crippen molar-refractivity contribution in [1.29, 1.82) is 0 Å². The maximum Gasteiger partial charge on any atom is 0.129 e. The summed E-state index contributed by atoms with van der Waals surface area (Å²) in [6.45, 7) is 6.52. The molecule has 1 atom stereocenters. The molecule has 0 amide bonds. The average Bonchev–Trinajstić information content (AvgIpc) is 2.75. The molecule has 1 heterocycles. The third kappa shape index (κ3) is 3.78. The van der Waals surface area contributed by atoms with Crippen molar-refractivity contribution in [2.24, 2.45) is 0 Å². The van der Waals surface area contributed by atoms with Gasteiger partial charge in [-0.25, -0.2) is 4.39 Å². The monoisotopic (exact) mass is 345 g/mol. The van der Waals surface area contributed by atoms with Crippen molar-refractivity contribution < 1.29 is 4.39 Å². The van der Waals surface area contributed by atoms with Crippen molar-refractivity contribution in [3.8, 4) is 0 Å². The summed E-state index contributed by atoms with van der Waals surface area (Å²) in [5.74, 6) is -0.151. The Hall–Kier alpha value is -0.610. The van der Waals surface area contributed by atoms with Gasteiger partial charge in [0.15, 0.2) is 0 Å². The summed E-state index contributed by atoms with van der Waals surface area (Å²) in [6, 6.07) is 5.56. The zero-order valence-corrected chi connectivity index (χ0v) is 14.6. The van der Waals surface area contributed by atoms with Crippen LogP contribution in [0.15, 0.2) is 18.2 Å². The second-order valence-electron chi connectivity index (χ2n) is 5.14. The van der Waals surface area contributed by atoms with Crippen LogP contribution in [0.4, 0.5) is 4.39 Å². The fourth-order valence-electron chi connectivity index (χ4n) is 2.39. The van der Waals surface area contributed by atoms with E-state index in [9.17, 15) is 4.39 Å². The Kier molecular flexibility index (Phi) is 5.67. The summed E-state index contributed by atoms with van der Waals surface area (Å²) >= 11 is 13.7. The Morgan fingerprint density at radius 3 is 2.29 bits per heavy atom. The van der Waals surface area contributed by atoms with E-state index in [-0.39, 0.29) is 11.9 Å². The first-order chi connectivity index (χ1) is 9.93. The molecule has 5 heteroatoms. The third-order valence-corrected chi connectivity index (χ3v) is 4.90. The summed E-state index contributed by atoms with van der Waals surface area (Å²) in [5, 5.41) is 3.47. The van der Waals surface area contributed by atoms with E-state index in [1.807, 2.05) is 18.2 Å². The molecule has 1 nitrogen and oxygen atoms in total. The van der Waals surface area contributed by atoms with Crippen LogP contribution in [0, 0.1) is 19.7 Å². The first-order valence-electron chi connectivity index (χ1n) is 6.88. The standard InChI is InChI=1S/C16H18Cl2FNS/c1-4-5-20-15(12-8-13(17)21-16(12)18)11-6-9(2)14(19)10(3)7-11/h6-8,15,20H,4-5H2,1-3H3. The highest BCUT2D eigenvalue weighted by atomic mass is 35.5. The number of aryl methyl sites for hydroxylation is 2. The first-order valence-corrected chi connectivity index (χ1v) is 8.46. The number of halogens is 3. The van der Waals surface area contributed by atoms with Gasteiger partial charge >= 0.3 is 0 Å². The van der Waals surface area contributed by atoms with Gasteiger partial charge in [-0.15, -0.1) is 11.3 Å². The molecular formula is C16H18Cl2FNS. The normalized spacial score (nSPS) is 12.7. The molecular weight excluding hydrogens is 328 g/mol. The number of rotatable bonds is 5. The second kappa shape index (κ2) is 7.10. The molecule has 0 fully saturated rings. The fraction of sp³-hybridized carbons (Fsp3) is 0.375. The highest BCUT2D eigenvalue weighted by molar-refractivity contribution is 7.20. The maximum absolute atomic E-state index is 13.8. The highest BCUT2D eigenvalue weighted by Crippen LogP contribution is 2.38. The third-order valence-electron chi connectivity index (χ3n) is 3.38. The van der Waals surface area contributed by atoms with Gasteiger partial charge in [-0.3, -0.25) is 0 Å². The Balaban J connectivity index is 2.47. The van der Waals surface area contributed by atoms with E-state index in [0.717, 1.165) is 24.1 Å². The Morgan fingerprint density at radius 1 is 1.19 bits per heavy atom. The summed E-state index contributed by atoms with van der Waals surface area (Å²) < 4.78 is 15.2. The SMILES string of the molecule is CCCNC(c1cc(C)c(F)c(C)c1)c1cc(Cl)sc1Cl. The fourth-order valence-corrected chi connectivity index (χ4v) is 3.92. The summed E-state index contributed by atoms with van der Waals surface area (Å²) in [5.41, 5.74) is 3.25. The Labute approximate surface area is 139 Å². The lowest BCUT2D eigenvalue weighted by atomic mass is 9.96. The molecule has 1 unspecified atom stereocenters. The molecule has 1 N–H and O–H groups in total. The van der Waals surface area contributed by atoms with E-state index >= 15 is 0 Å². The molecule has 21 heavy (non-hydrogen) atoms. The van der Waals surface area contributed by atoms with E-state index in [0.29, 0.717) is 19.8 Å². The van der Waals surface area contributed by atoms with Gasteiger partial charge in [-0.2, -0.15) is 0 Å². The lowest BCUT2D eigenvalue weighted by molar-refractivity contribution is 0.587. The van der Waals surface area contributed by atoms with E-state index in [4.69, 9.17) is 23.2 Å². The summed E-state index contributed by atoms with van der Waals surface area (Å²) in [4.78, 5) is 0. The Morgan fingerprint density at radius 2 is 1.81 bits per heavy atom. The minimum Gasteiger partial charge on any atom is -0.306 e. The summed E-state index contributed by atoms with van der Waals surface area (Å²) in [7, 11) is 0. The van der Waals surface area contributed by atoms with Gasteiger partial charge in [0.05, 0.1) is 14.7 Å². The van der Waals surface area contributed by atoms with Gasteiger partial charge in [-0.05, 0) is 49.6 Å². The van der Waals surface area contributed by atoms with Crippen molar-refractivity contribution >= 4 is 34.5 Å². The highest BCUT2D eigenvalue weighted by Gasteiger charge is 2.20. The van der Waals surface area contributed by atoms with Crippen LogP contribution in [0.25, 0.3) is 0 Å². The zero-order chi connectivity index (χ0) is 15.6. The molecule has 0 aliphatic carbocycles. The topological polar surface area (TPSA) is 12.0 Å². The minimum atomic E-state index is -0.151. The predicted molar refractivity (Wildman–Crippen MR) is 90.3 cm³/mol. The lowest BCUT2D eigenvalue weighted by Crippen LogP contribution is -2.23. The molecule has 114 valence electrons. The van der Waals surface area contributed by atoms with Crippen LogP contribution in [0.1, 0.15) is 41.6 Å². The van der Waals surface area contributed by atoms with Gasteiger partial charge in [0.1, 0.15) is 5.82 Å². The average molecular weight is 346 g/mol. The van der Waals surface area contributed by atoms with E-state index in [1.165, 1.54) is 11.3 Å². The lowest BCUT2D eigenvalue weighted by Gasteiger charge is -2.20. The minimum absolute atomic E-state index is 0.0702. The van der Waals surface area contributed by atoms with Gasteiger partial charge in [0.2, 0.25) is 0 Å². The molecule has 1 aromatic carbocycles. The van der Waals surface area contributed by atoms with Crippen LogP contribution in [-0.2, 0) is 0 Å². The number of thiophene rings is 1. The number of hydrogen-bond acceptors (Lipinski definition) is 2. The Bertz CT molecular complexity index is 616. The van der Waals surface area contributed by atoms with Crippen molar-refractivity contribution in [3.05, 3.63) is 54.9 Å². The molecule has 0 spiro atoms. The van der Waals surface area contributed by atoms with Crippen LogP contribution in [0.3, 0.4) is 0 Å². The molecule has 0 aliphatic rings. The van der Waals surface area contributed by atoms with Gasteiger partial charge in [0, 0.05) is 5.56 Å². The van der Waals surface area contributed by atoms with Crippen molar-refractivity contribution in [3.63, 3.8) is 0 Å². The quantitative estimate of drug-likeness (QED) is 0.711. The van der Waals surface area contributed by atoms with E-state index in [2.05, 4.69) is 12.2 Å². The number of benzene rings is 1.